The SMILES string of the molecule is c1ccc2c(-n3ccc4cc(-c5ccc6[nH]c7ccccc7c6c5)ccc43)cccc2c1. The number of benzene rings is 5. The largest absolute Gasteiger partial charge is 0.355 e. The van der Waals surface area contributed by atoms with Crippen LogP contribution in [-0.4, -0.2) is 9.55 Å². The van der Waals surface area contributed by atoms with Gasteiger partial charge in [0, 0.05) is 38.8 Å². The molecule has 7 aromatic rings. The fraction of sp³-hybridized carbons (Fsp3) is 0. The molecule has 0 atom stereocenters. The number of nitrogens with one attached hydrogen (secondary N) is 1. The van der Waals surface area contributed by atoms with E-state index in [-0.39, 0.29) is 0 Å². The average Bonchev–Trinajstić information content (AvgIpc) is 3.44. The Hall–Kier alpha value is -4.30. The molecule has 0 radical (unpaired) electrons. The minimum atomic E-state index is 1.18. The summed E-state index contributed by atoms with van der Waals surface area (Å²) in [6.45, 7) is 0. The van der Waals surface area contributed by atoms with Crippen LogP contribution in [0.5, 0.6) is 0 Å². The van der Waals surface area contributed by atoms with Gasteiger partial charge in [-0.05, 0) is 59.0 Å². The van der Waals surface area contributed by atoms with Gasteiger partial charge in [0.25, 0.3) is 0 Å². The summed E-state index contributed by atoms with van der Waals surface area (Å²) in [4.78, 5) is 3.52. The first-order valence-corrected chi connectivity index (χ1v) is 11.0. The van der Waals surface area contributed by atoms with Crippen molar-refractivity contribution in [1.29, 1.82) is 0 Å². The van der Waals surface area contributed by atoms with Crippen molar-refractivity contribution in [2.45, 2.75) is 0 Å². The van der Waals surface area contributed by atoms with Gasteiger partial charge in [-0.25, -0.2) is 0 Å². The first-order chi connectivity index (χ1) is 15.8. The van der Waals surface area contributed by atoms with E-state index in [4.69, 9.17) is 0 Å². The molecule has 0 aliphatic rings. The number of hydrogen-bond donors (Lipinski definition) is 1. The second kappa shape index (κ2) is 6.60. The van der Waals surface area contributed by atoms with Crippen LogP contribution < -0.4 is 0 Å². The molecule has 32 heavy (non-hydrogen) atoms. The Morgan fingerprint density at radius 2 is 1.25 bits per heavy atom. The molecule has 2 nitrogen and oxygen atoms in total. The van der Waals surface area contributed by atoms with E-state index in [1.165, 1.54) is 60.3 Å². The summed E-state index contributed by atoms with van der Waals surface area (Å²) in [5.41, 5.74) is 7.27. The summed E-state index contributed by atoms with van der Waals surface area (Å²) in [5.74, 6) is 0. The van der Waals surface area contributed by atoms with E-state index in [2.05, 4.69) is 125 Å². The molecule has 0 fully saturated rings. The zero-order valence-electron chi connectivity index (χ0n) is 17.4. The molecule has 2 aromatic heterocycles. The Labute approximate surface area is 185 Å². The van der Waals surface area contributed by atoms with Gasteiger partial charge < -0.3 is 9.55 Å². The second-order valence-electron chi connectivity index (χ2n) is 8.39. The van der Waals surface area contributed by atoms with Crippen molar-refractivity contribution in [2.75, 3.05) is 0 Å². The number of aromatic nitrogens is 2. The van der Waals surface area contributed by atoms with Gasteiger partial charge in [0.1, 0.15) is 0 Å². The van der Waals surface area contributed by atoms with Crippen molar-refractivity contribution in [1.82, 2.24) is 9.55 Å². The van der Waals surface area contributed by atoms with Crippen LogP contribution in [-0.2, 0) is 0 Å². The standard InChI is InChI=1S/C30H20N2/c1-2-8-24-20(6-1)7-5-11-30(24)32-17-16-23-18-21(13-15-29(23)32)22-12-14-28-26(19-22)25-9-3-4-10-27(25)31-28/h1-19,31H. The maximum atomic E-state index is 3.52. The number of hydrogen-bond acceptors (Lipinski definition) is 0. The molecule has 0 unspecified atom stereocenters. The van der Waals surface area contributed by atoms with Crippen LogP contribution in [0.3, 0.4) is 0 Å². The lowest BCUT2D eigenvalue weighted by molar-refractivity contribution is 1.14. The topological polar surface area (TPSA) is 20.7 Å². The quantitative estimate of drug-likeness (QED) is 0.298. The predicted octanol–water partition coefficient (Wildman–Crippen LogP) is 8.09. The molecular weight excluding hydrogens is 388 g/mol. The minimum absolute atomic E-state index is 1.18. The van der Waals surface area contributed by atoms with E-state index >= 15 is 0 Å². The van der Waals surface area contributed by atoms with Crippen LogP contribution in [0, 0.1) is 0 Å². The normalized spacial score (nSPS) is 11.8. The Kier molecular flexibility index (Phi) is 3.58. The van der Waals surface area contributed by atoms with Crippen molar-refractivity contribution < 1.29 is 0 Å². The van der Waals surface area contributed by atoms with Gasteiger partial charge in [-0.2, -0.15) is 0 Å². The highest BCUT2D eigenvalue weighted by atomic mass is 15.0. The molecule has 0 saturated carbocycles. The van der Waals surface area contributed by atoms with Crippen molar-refractivity contribution >= 4 is 43.5 Å². The molecule has 0 spiro atoms. The lowest BCUT2D eigenvalue weighted by Crippen LogP contribution is -1.93. The molecule has 0 saturated heterocycles. The van der Waals surface area contributed by atoms with Gasteiger partial charge in [0.05, 0.1) is 11.2 Å². The van der Waals surface area contributed by atoms with Crippen molar-refractivity contribution in [3.8, 4) is 16.8 Å². The van der Waals surface area contributed by atoms with Gasteiger partial charge in [-0.1, -0.05) is 66.7 Å². The second-order valence-corrected chi connectivity index (χ2v) is 8.39. The predicted molar refractivity (Wildman–Crippen MR) is 136 cm³/mol. The van der Waals surface area contributed by atoms with E-state index in [9.17, 15) is 0 Å². The molecule has 150 valence electrons. The molecule has 5 aromatic carbocycles. The number of para-hydroxylation sites is 1. The number of H-pyrrole nitrogens is 1. The van der Waals surface area contributed by atoms with Crippen LogP contribution >= 0.6 is 0 Å². The molecule has 0 aliphatic heterocycles. The van der Waals surface area contributed by atoms with Crippen LogP contribution in [0.4, 0.5) is 0 Å². The fourth-order valence-electron chi connectivity index (χ4n) is 4.98. The Morgan fingerprint density at radius 1 is 0.500 bits per heavy atom. The maximum Gasteiger partial charge on any atom is 0.0534 e. The van der Waals surface area contributed by atoms with Gasteiger partial charge in [0.2, 0.25) is 0 Å². The Balaban J connectivity index is 1.38. The molecule has 0 amide bonds. The highest BCUT2D eigenvalue weighted by molar-refractivity contribution is 6.08. The Morgan fingerprint density at radius 3 is 2.22 bits per heavy atom. The van der Waals surface area contributed by atoms with E-state index in [0.29, 0.717) is 0 Å². The van der Waals surface area contributed by atoms with Crippen LogP contribution in [0.25, 0.3) is 60.3 Å². The van der Waals surface area contributed by atoms with E-state index in [0.717, 1.165) is 0 Å². The summed E-state index contributed by atoms with van der Waals surface area (Å²) in [7, 11) is 0. The molecule has 2 heterocycles. The van der Waals surface area contributed by atoms with Crippen LogP contribution in [0.1, 0.15) is 0 Å². The van der Waals surface area contributed by atoms with Crippen LogP contribution in [0.15, 0.2) is 115 Å². The monoisotopic (exact) mass is 408 g/mol. The zero-order valence-corrected chi connectivity index (χ0v) is 17.4. The number of rotatable bonds is 2. The van der Waals surface area contributed by atoms with Gasteiger partial charge >= 0.3 is 0 Å². The third-order valence-corrected chi connectivity index (χ3v) is 6.56. The third-order valence-electron chi connectivity index (χ3n) is 6.56. The zero-order chi connectivity index (χ0) is 21.1. The summed E-state index contributed by atoms with van der Waals surface area (Å²) >= 11 is 0. The minimum Gasteiger partial charge on any atom is -0.355 e. The summed E-state index contributed by atoms with van der Waals surface area (Å²) < 4.78 is 2.30. The lowest BCUT2D eigenvalue weighted by atomic mass is 10.0. The maximum absolute atomic E-state index is 3.52. The number of fused-ring (bicyclic) bond motifs is 5. The first-order valence-electron chi connectivity index (χ1n) is 11.0. The van der Waals surface area contributed by atoms with Gasteiger partial charge in [0.15, 0.2) is 0 Å². The van der Waals surface area contributed by atoms with E-state index in [1.807, 2.05) is 0 Å². The molecular formula is C30H20N2. The first kappa shape index (κ1) is 17.4. The summed E-state index contributed by atoms with van der Waals surface area (Å²) in [6, 6.07) is 39.3. The molecule has 0 bridgehead atoms. The summed E-state index contributed by atoms with van der Waals surface area (Å²) in [5, 5.41) is 6.31. The smallest absolute Gasteiger partial charge is 0.0534 e. The van der Waals surface area contributed by atoms with Crippen molar-refractivity contribution in [3.05, 3.63) is 115 Å². The third kappa shape index (κ3) is 2.53. The number of nitrogens with zero attached hydrogens (tertiary/aromatic N) is 1. The van der Waals surface area contributed by atoms with Gasteiger partial charge in [-0.15, -0.1) is 0 Å². The summed E-state index contributed by atoms with van der Waals surface area (Å²) in [6.07, 6.45) is 2.18. The molecule has 7 rings (SSSR count). The van der Waals surface area contributed by atoms with E-state index in [1.54, 1.807) is 0 Å². The highest BCUT2D eigenvalue weighted by Gasteiger charge is 2.10. The van der Waals surface area contributed by atoms with Crippen molar-refractivity contribution in [2.24, 2.45) is 0 Å². The highest BCUT2D eigenvalue weighted by Crippen LogP contribution is 2.33. The molecule has 0 aliphatic carbocycles. The molecule has 1 N–H and O–H groups in total. The average molecular weight is 409 g/mol. The fourth-order valence-corrected chi connectivity index (χ4v) is 4.98. The van der Waals surface area contributed by atoms with E-state index < -0.39 is 0 Å². The van der Waals surface area contributed by atoms with Gasteiger partial charge in [-0.3, -0.25) is 0 Å². The van der Waals surface area contributed by atoms with Crippen molar-refractivity contribution in [3.63, 3.8) is 0 Å². The number of aromatic amines is 1. The van der Waals surface area contributed by atoms with Crippen LogP contribution in [0.2, 0.25) is 0 Å². The lowest BCUT2D eigenvalue weighted by Gasteiger charge is -2.10. The Bertz CT molecular complexity index is 1780. The molecule has 2 heteroatoms.